The van der Waals surface area contributed by atoms with Gasteiger partial charge in [-0.15, -0.1) is 11.3 Å². The number of thiophene rings is 1. The number of hydrogen-bond acceptors (Lipinski definition) is 2. The Kier molecular flexibility index (Phi) is 2.89. The molecule has 78 valence electrons. The van der Waals surface area contributed by atoms with Crippen LogP contribution in [0, 0.1) is 0 Å². The van der Waals surface area contributed by atoms with Gasteiger partial charge in [0.2, 0.25) is 6.43 Å². The van der Waals surface area contributed by atoms with Gasteiger partial charge in [0.1, 0.15) is 4.88 Å². The zero-order valence-electron chi connectivity index (χ0n) is 7.75. The average Bonchev–Trinajstić information content (AvgIpc) is 2.51. The van der Waals surface area contributed by atoms with Gasteiger partial charge in [-0.25, -0.2) is 13.6 Å². The molecule has 0 amide bonds. The summed E-state index contributed by atoms with van der Waals surface area (Å²) in [5, 5.41) is 10.3. The highest BCUT2D eigenvalue weighted by Gasteiger charge is 2.35. The van der Waals surface area contributed by atoms with Crippen molar-refractivity contribution in [3.8, 4) is 0 Å². The summed E-state index contributed by atoms with van der Waals surface area (Å²) in [7, 11) is 0. The van der Waals surface area contributed by atoms with Crippen LogP contribution in [0.4, 0.5) is 8.78 Å². The van der Waals surface area contributed by atoms with Gasteiger partial charge in [0, 0.05) is 0 Å². The van der Waals surface area contributed by atoms with Crippen molar-refractivity contribution in [2.75, 3.05) is 0 Å². The molecule has 0 saturated heterocycles. The zero-order chi connectivity index (χ0) is 10.9. The number of aromatic carboxylic acids is 1. The van der Waals surface area contributed by atoms with E-state index in [1.54, 1.807) is 0 Å². The Morgan fingerprint density at radius 1 is 1.57 bits per heavy atom. The molecule has 0 saturated carbocycles. The summed E-state index contributed by atoms with van der Waals surface area (Å²) in [6.07, 6.45) is -2.57. The van der Waals surface area contributed by atoms with Crippen LogP contribution in [0.3, 0.4) is 0 Å². The molecule has 1 heterocycles. The van der Waals surface area contributed by atoms with E-state index in [4.69, 9.17) is 5.11 Å². The van der Waals surface area contributed by atoms with Crippen LogP contribution < -0.4 is 0 Å². The Morgan fingerprint density at radius 2 is 2.14 bits per heavy atom. The van der Waals surface area contributed by atoms with E-state index in [2.05, 4.69) is 0 Å². The molecule has 0 spiro atoms. The normalized spacial score (nSPS) is 12.1. The van der Waals surface area contributed by atoms with Crippen molar-refractivity contribution < 1.29 is 18.7 Å². The summed E-state index contributed by atoms with van der Waals surface area (Å²) in [4.78, 5) is 10.7. The first-order chi connectivity index (χ1) is 6.37. The lowest BCUT2D eigenvalue weighted by Crippen LogP contribution is -2.28. The van der Waals surface area contributed by atoms with Crippen LogP contribution in [-0.4, -0.2) is 17.5 Å². The largest absolute Gasteiger partial charge is 0.477 e. The first-order valence-corrected chi connectivity index (χ1v) is 4.84. The topological polar surface area (TPSA) is 37.3 Å². The van der Waals surface area contributed by atoms with Crippen molar-refractivity contribution in [2.45, 2.75) is 25.7 Å². The summed E-state index contributed by atoms with van der Waals surface area (Å²) in [5.74, 6) is -1.15. The first-order valence-electron chi connectivity index (χ1n) is 3.96. The minimum absolute atomic E-state index is 0.00435. The molecule has 0 bridgehead atoms. The number of alkyl halides is 2. The van der Waals surface area contributed by atoms with E-state index >= 15 is 0 Å². The standard InChI is InChI=1S/C9H10F2O2S/c1-9(2,8(10)11)5-3-4-14-6(5)7(12)13/h3-4,8H,1-2H3,(H,12,13). The number of rotatable bonds is 3. The van der Waals surface area contributed by atoms with Crippen LogP contribution in [0.2, 0.25) is 0 Å². The fourth-order valence-electron chi connectivity index (χ4n) is 1.10. The smallest absolute Gasteiger partial charge is 0.346 e. The molecular weight excluding hydrogens is 210 g/mol. The van der Waals surface area contributed by atoms with Crippen molar-refractivity contribution in [2.24, 2.45) is 0 Å². The van der Waals surface area contributed by atoms with Gasteiger partial charge in [-0.3, -0.25) is 0 Å². The van der Waals surface area contributed by atoms with Crippen LogP contribution in [0.15, 0.2) is 11.4 Å². The molecule has 1 aromatic heterocycles. The second-order valence-electron chi connectivity index (χ2n) is 3.49. The molecule has 0 aromatic carbocycles. The summed E-state index contributed by atoms with van der Waals surface area (Å²) in [6, 6.07) is 1.44. The number of carbonyl (C=O) groups is 1. The van der Waals surface area contributed by atoms with Crippen LogP contribution in [0.1, 0.15) is 29.1 Å². The fourth-order valence-corrected chi connectivity index (χ4v) is 2.00. The molecular formula is C9H10F2O2S. The van der Waals surface area contributed by atoms with Crippen LogP contribution in [0.25, 0.3) is 0 Å². The maximum atomic E-state index is 12.6. The van der Waals surface area contributed by atoms with Gasteiger partial charge < -0.3 is 5.11 Å². The van der Waals surface area contributed by atoms with Crippen molar-refractivity contribution in [1.29, 1.82) is 0 Å². The predicted octanol–water partition coefficient (Wildman–Crippen LogP) is 2.99. The van der Waals surface area contributed by atoms with Gasteiger partial charge in [-0.1, -0.05) is 13.8 Å². The van der Waals surface area contributed by atoms with E-state index in [1.165, 1.54) is 25.3 Å². The lowest BCUT2D eigenvalue weighted by Gasteiger charge is -2.23. The molecule has 0 unspecified atom stereocenters. The van der Waals surface area contributed by atoms with E-state index in [-0.39, 0.29) is 10.4 Å². The second kappa shape index (κ2) is 3.65. The van der Waals surface area contributed by atoms with Gasteiger partial charge in [0.25, 0.3) is 0 Å². The zero-order valence-corrected chi connectivity index (χ0v) is 8.57. The molecule has 0 fully saturated rings. The molecule has 0 aliphatic rings. The van der Waals surface area contributed by atoms with Gasteiger partial charge in [-0.2, -0.15) is 0 Å². The SMILES string of the molecule is CC(C)(c1ccsc1C(=O)O)C(F)F. The maximum absolute atomic E-state index is 12.6. The second-order valence-corrected chi connectivity index (χ2v) is 4.41. The fraction of sp³-hybridized carbons (Fsp3) is 0.444. The molecule has 0 aliphatic carbocycles. The Morgan fingerprint density at radius 3 is 2.57 bits per heavy atom. The molecule has 0 atom stereocenters. The lowest BCUT2D eigenvalue weighted by atomic mass is 9.85. The predicted molar refractivity (Wildman–Crippen MR) is 50.3 cm³/mol. The minimum Gasteiger partial charge on any atom is -0.477 e. The number of hydrogen-bond donors (Lipinski definition) is 1. The maximum Gasteiger partial charge on any atom is 0.346 e. The highest BCUT2D eigenvalue weighted by atomic mass is 32.1. The molecule has 0 aliphatic heterocycles. The Labute approximate surface area is 84.2 Å². The van der Waals surface area contributed by atoms with Gasteiger partial charge >= 0.3 is 5.97 Å². The number of halogens is 2. The molecule has 1 N–H and O–H groups in total. The summed E-state index contributed by atoms with van der Waals surface area (Å²) in [6.45, 7) is 2.68. The Hall–Kier alpha value is -0.970. The van der Waals surface area contributed by atoms with Crippen LogP contribution in [-0.2, 0) is 5.41 Å². The quantitative estimate of drug-likeness (QED) is 0.850. The van der Waals surface area contributed by atoms with E-state index < -0.39 is 17.8 Å². The van der Waals surface area contributed by atoms with Gasteiger partial charge in [-0.05, 0) is 17.0 Å². The van der Waals surface area contributed by atoms with Crippen LogP contribution >= 0.6 is 11.3 Å². The van der Waals surface area contributed by atoms with Crippen molar-refractivity contribution in [1.82, 2.24) is 0 Å². The van der Waals surface area contributed by atoms with Crippen molar-refractivity contribution in [3.63, 3.8) is 0 Å². The van der Waals surface area contributed by atoms with E-state index in [9.17, 15) is 13.6 Å². The summed E-state index contributed by atoms with van der Waals surface area (Å²) >= 11 is 0.969. The monoisotopic (exact) mass is 220 g/mol. The summed E-state index contributed by atoms with van der Waals surface area (Å²) < 4.78 is 25.3. The third kappa shape index (κ3) is 1.77. The molecule has 14 heavy (non-hydrogen) atoms. The van der Waals surface area contributed by atoms with Gasteiger partial charge in [0.05, 0.1) is 5.41 Å². The highest BCUT2D eigenvalue weighted by Crippen LogP contribution is 2.34. The molecule has 5 heteroatoms. The minimum atomic E-state index is -2.57. The van der Waals surface area contributed by atoms with Gasteiger partial charge in [0.15, 0.2) is 0 Å². The number of carboxylic acids is 1. The third-order valence-corrected chi connectivity index (χ3v) is 3.00. The highest BCUT2D eigenvalue weighted by molar-refractivity contribution is 7.12. The molecule has 1 aromatic rings. The molecule has 2 nitrogen and oxygen atoms in total. The average molecular weight is 220 g/mol. The van der Waals surface area contributed by atoms with E-state index in [1.807, 2.05) is 0 Å². The van der Waals surface area contributed by atoms with Crippen molar-refractivity contribution in [3.05, 3.63) is 21.9 Å². The summed E-state index contributed by atoms with van der Waals surface area (Å²) in [5.41, 5.74) is -1.21. The van der Waals surface area contributed by atoms with Crippen LogP contribution in [0.5, 0.6) is 0 Å². The molecule has 0 radical (unpaired) electrons. The number of carboxylic acid groups (broad SMARTS) is 1. The lowest BCUT2D eigenvalue weighted by molar-refractivity contribution is 0.0641. The Bertz CT molecular complexity index is 344. The Balaban J connectivity index is 3.18. The van der Waals surface area contributed by atoms with E-state index in [0.29, 0.717) is 0 Å². The third-order valence-electron chi connectivity index (χ3n) is 2.10. The molecule has 1 rings (SSSR count). The van der Waals surface area contributed by atoms with Crippen molar-refractivity contribution >= 4 is 17.3 Å². The van der Waals surface area contributed by atoms with E-state index in [0.717, 1.165) is 11.3 Å². The first kappa shape index (κ1) is 11.1.